The van der Waals surface area contributed by atoms with E-state index in [9.17, 15) is 9.90 Å². The molecule has 0 saturated heterocycles. The van der Waals surface area contributed by atoms with E-state index < -0.39 is 6.10 Å². The van der Waals surface area contributed by atoms with Gasteiger partial charge < -0.3 is 10.4 Å². The fourth-order valence-electron chi connectivity index (χ4n) is 1.36. The number of nitrogens with one attached hydrogen (secondary N) is 1. The van der Waals surface area contributed by atoms with Crippen LogP contribution in [0, 0.1) is 0 Å². The number of amides is 1. The minimum Gasteiger partial charge on any atom is -0.387 e. The fraction of sp³-hybridized carbons (Fsp3) is 0.273. The molecule has 1 atom stereocenters. The second kappa shape index (κ2) is 5.89. The standard InChI is InChI=1S/C11H12BrN5O2/c1-7(18)9-5-17(16-15-9)6-11(19)14-10-3-2-8(12)4-13-10/h2-5,7,18H,6H2,1H3,(H,13,14,19). The molecule has 0 spiro atoms. The Bertz CT molecular complexity index is 567. The first kappa shape index (κ1) is 13.6. The van der Waals surface area contributed by atoms with Crippen molar-refractivity contribution in [1.29, 1.82) is 0 Å². The molecule has 0 aliphatic heterocycles. The van der Waals surface area contributed by atoms with Crippen molar-refractivity contribution in [3.8, 4) is 0 Å². The van der Waals surface area contributed by atoms with E-state index in [0.29, 0.717) is 11.5 Å². The summed E-state index contributed by atoms with van der Waals surface area (Å²) in [6.07, 6.45) is 2.42. The summed E-state index contributed by atoms with van der Waals surface area (Å²) >= 11 is 3.26. The first-order valence-corrected chi connectivity index (χ1v) is 6.33. The third kappa shape index (κ3) is 3.83. The fourth-order valence-corrected chi connectivity index (χ4v) is 1.60. The second-order valence-electron chi connectivity index (χ2n) is 3.93. The molecular weight excluding hydrogens is 314 g/mol. The highest BCUT2D eigenvalue weighted by Gasteiger charge is 2.09. The molecule has 0 saturated carbocycles. The van der Waals surface area contributed by atoms with Crippen LogP contribution in [0.4, 0.5) is 5.82 Å². The van der Waals surface area contributed by atoms with Gasteiger partial charge in [0.05, 0.1) is 12.3 Å². The summed E-state index contributed by atoms with van der Waals surface area (Å²) in [6.45, 7) is 1.59. The molecule has 0 aliphatic carbocycles. The molecule has 2 aromatic heterocycles. The number of nitrogens with zero attached hydrogens (tertiary/aromatic N) is 4. The van der Waals surface area contributed by atoms with Crippen LogP contribution < -0.4 is 5.32 Å². The van der Waals surface area contributed by atoms with Gasteiger partial charge in [-0.3, -0.25) is 4.79 Å². The molecule has 0 bridgehead atoms. The smallest absolute Gasteiger partial charge is 0.247 e. The Morgan fingerprint density at radius 3 is 2.95 bits per heavy atom. The van der Waals surface area contributed by atoms with Crippen molar-refractivity contribution in [2.45, 2.75) is 19.6 Å². The Morgan fingerprint density at radius 2 is 2.37 bits per heavy atom. The normalized spacial score (nSPS) is 12.2. The van der Waals surface area contributed by atoms with E-state index in [1.807, 2.05) is 0 Å². The second-order valence-corrected chi connectivity index (χ2v) is 4.84. The number of carbonyl (C=O) groups excluding carboxylic acids is 1. The van der Waals surface area contributed by atoms with E-state index in [1.54, 1.807) is 25.3 Å². The summed E-state index contributed by atoms with van der Waals surface area (Å²) in [4.78, 5) is 15.8. The maximum atomic E-state index is 11.7. The van der Waals surface area contributed by atoms with Gasteiger partial charge in [-0.25, -0.2) is 9.67 Å². The number of anilines is 1. The van der Waals surface area contributed by atoms with Crippen molar-refractivity contribution in [2.24, 2.45) is 0 Å². The van der Waals surface area contributed by atoms with E-state index >= 15 is 0 Å². The van der Waals surface area contributed by atoms with Crippen LogP contribution >= 0.6 is 15.9 Å². The minimum absolute atomic E-state index is 0.0114. The van der Waals surface area contributed by atoms with Gasteiger partial charge in [0.1, 0.15) is 18.1 Å². The number of aliphatic hydroxyl groups is 1. The maximum absolute atomic E-state index is 11.7. The minimum atomic E-state index is -0.704. The number of halogens is 1. The molecule has 7 nitrogen and oxygen atoms in total. The molecule has 2 rings (SSSR count). The van der Waals surface area contributed by atoms with Gasteiger partial charge >= 0.3 is 0 Å². The lowest BCUT2D eigenvalue weighted by Gasteiger charge is -2.03. The van der Waals surface area contributed by atoms with Crippen molar-refractivity contribution >= 4 is 27.7 Å². The van der Waals surface area contributed by atoms with Crippen LogP contribution in [0.3, 0.4) is 0 Å². The predicted octanol–water partition coefficient (Wildman–Crippen LogP) is 1.13. The Balaban J connectivity index is 1.95. The van der Waals surface area contributed by atoms with E-state index in [4.69, 9.17) is 0 Å². The Hall–Kier alpha value is -1.80. The molecule has 0 radical (unpaired) electrons. The summed E-state index contributed by atoms with van der Waals surface area (Å²) in [5.74, 6) is 0.195. The first-order valence-electron chi connectivity index (χ1n) is 5.54. The number of hydrogen-bond acceptors (Lipinski definition) is 5. The highest BCUT2D eigenvalue weighted by Crippen LogP contribution is 2.10. The van der Waals surface area contributed by atoms with Crippen LogP contribution in [0.5, 0.6) is 0 Å². The third-order valence-electron chi connectivity index (χ3n) is 2.28. The van der Waals surface area contributed by atoms with Crippen molar-refractivity contribution in [3.05, 3.63) is 34.7 Å². The molecule has 0 aliphatic rings. The van der Waals surface area contributed by atoms with Crippen LogP contribution in [0.1, 0.15) is 18.7 Å². The Morgan fingerprint density at radius 1 is 1.58 bits per heavy atom. The van der Waals surface area contributed by atoms with E-state index in [0.717, 1.165) is 4.47 Å². The zero-order valence-electron chi connectivity index (χ0n) is 10.1. The monoisotopic (exact) mass is 325 g/mol. The van der Waals surface area contributed by atoms with Crippen molar-refractivity contribution in [3.63, 3.8) is 0 Å². The summed E-state index contributed by atoms with van der Waals surface area (Å²) < 4.78 is 2.19. The number of pyridine rings is 1. The zero-order chi connectivity index (χ0) is 13.8. The molecule has 8 heteroatoms. The lowest BCUT2D eigenvalue weighted by Crippen LogP contribution is -2.19. The Kier molecular flexibility index (Phi) is 4.23. The van der Waals surface area contributed by atoms with E-state index in [1.165, 1.54) is 10.9 Å². The van der Waals surface area contributed by atoms with Gasteiger partial charge in [-0.15, -0.1) is 5.10 Å². The molecule has 19 heavy (non-hydrogen) atoms. The Labute approximate surface area is 117 Å². The summed E-state index contributed by atoms with van der Waals surface area (Å²) in [6, 6.07) is 3.47. The molecule has 0 fully saturated rings. The number of aliphatic hydroxyl groups excluding tert-OH is 1. The van der Waals surface area contributed by atoms with E-state index in [2.05, 4.69) is 36.5 Å². The first-order chi connectivity index (χ1) is 9.04. The molecule has 100 valence electrons. The summed E-state index contributed by atoms with van der Waals surface area (Å²) in [7, 11) is 0. The highest BCUT2D eigenvalue weighted by atomic mass is 79.9. The lowest BCUT2D eigenvalue weighted by atomic mass is 10.3. The quantitative estimate of drug-likeness (QED) is 0.878. The van der Waals surface area contributed by atoms with Gasteiger partial charge in [0.15, 0.2) is 0 Å². The number of aromatic nitrogens is 4. The van der Waals surface area contributed by atoms with Crippen LogP contribution in [0.25, 0.3) is 0 Å². The number of hydrogen-bond donors (Lipinski definition) is 2. The molecule has 1 amide bonds. The van der Waals surface area contributed by atoms with Crippen LogP contribution in [0.15, 0.2) is 29.0 Å². The SMILES string of the molecule is CC(O)c1cn(CC(=O)Nc2ccc(Br)cn2)nn1. The zero-order valence-corrected chi connectivity index (χ0v) is 11.7. The van der Waals surface area contributed by atoms with Crippen LogP contribution in [0.2, 0.25) is 0 Å². The molecule has 0 aromatic carbocycles. The van der Waals surface area contributed by atoms with Gasteiger partial charge in [0.25, 0.3) is 0 Å². The third-order valence-corrected chi connectivity index (χ3v) is 2.75. The summed E-state index contributed by atoms with van der Waals surface area (Å²) in [5.41, 5.74) is 0.426. The van der Waals surface area contributed by atoms with Gasteiger partial charge in [0.2, 0.25) is 5.91 Å². The molecule has 2 aromatic rings. The van der Waals surface area contributed by atoms with Crippen molar-refractivity contribution in [2.75, 3.05) is 5.32 Å². The van der Waals surface area contributed by atoms with E-state index in [-0.39, 0.29) is 12.5 Å². The largest absolute Gasteiger partial charge is 0.387 e. The van der Waals surface area contributed by atoms with Crippen molar-refractivity contribution in [1.82, 2.24) is 20.0 Å². The molecule has 2 N–H and O–H groups in total. The summed E-state index contributed by atoms with van der Waals surface area (Å²) in [5, 5.41) is 19.4. The molecule has 2 heterocycles. The van der Waals surface area contributed by atoms with Gasteiger partial charge in [0, 0.05) is 10.7 Å². The number of carbonyl (C=O) groups is 1. The van der Waals surface area contributed by atoms with Gasteiger partial charge in [-0.1, -0.05) is 5.21 Å². The lowest BCUT2D eigenvalue weighted by molar-refractivity contribution is -0.116. The maximum Gasteiger partial charge on any atom is 0.247 e. The number of rotatable bonds is 4. The molecular formula is C11H12BrN5O2. The highest BCUT2D eigenvalue weighted by molar-refractivity contribution is 9.10. The average Bonchev–Trinajstić information content (AvgIpc) is 2.80. The molecule has 1 unspecified atom stereocenters. The average molecular weight is 326 g/mol. The van der Waals surface area contributed by atoms with Crippen LogP contribution in [-0.4, -0.2) is 31.0 Å². The van der Waals surface area contributed by atoms with Crippen LogP contribution in [-0.2, 0) is 11.3 Å². The predicted molar refractivity (Wildman–Crippen MR) is 71.2 cm³/mol. The van der Waals surface area contributed by atoms with Gasteiger partial charge in [-0.05, 0) is 35.0 Å². The van der Waals surface area contributed by atoms with Crippen molar-refractivity contribution < 1.29 is 9.90 Å². The topological polar surface area (TPSA) is 92.9 Å². The van der Waals surface area contributed by atoms with Gasteiger partial charge in [-0.2, -0.15) is 0 Å².